The van der Waals surface area contributed by atoms with E-state index in [1.54, 1.807) is 18.2 Å². The number of carboxylic acids is 1. The van der Waals surface area contributed by atoms with Gasteiger partial charge in [0.1, 0.15) is 0 Å². The van der Waals surface area contributed by atoms with Crippen LogP contribution in [0.25, 0.3) is 11.0 Å². The van der Waals surface area contributed by atoms with Crippen LogP contribution in [0, 0.1) is 10.1 Å². The maximum atomic E-state index is 10.9. The van der Waals surface area contributed by atoms with E-state index in [-0.39, 0.29) is 16.8 Å². The number of carboxylic acid groups (broad SMARTS) is 1. The topological polar surface area (TPSA) is 119 Å². The van der Waals surface area contributed by atoms with Crippen LogP contribution in [0.1, 0.15) is 15.9 Å². The number of carbonyl (C=O) groups is 1. The molecule has 0 aliphatic carbocycles. The van der Waals surface area contributed by atoms with Gasteiger partial charge in [0.25, 0.3) is 0 Å². The lowest BCUT2D eigenvalue weighted by Crippen LogP contribution is -1.95. The Morgan fingerprint density at radius 3 is 2.52 bits per heavy atom. The van der Waals surface area contributed by atoms with E-state index in [1.165, 1.54) is 30.0 Å². The van der Waals surface area contributed by atoms with Crippen LogP contribution < -0.4 is 0 Å². The predicted octanol–water partition coefficient (Wildman–Crippen LogP) is 3.12. The van der Waals surface area contributed by atoms with Crippen LogP contribution >= 0.6 is 11.8 Å². The smallest absolute Gasteiger partial charge is 0.335 e. The maximum absolute atomic E-state index is 10.9. The van der Waals surface area contributed by atoms with Crippen LogP contribution in [-0.2, 0) is 5.75 Å². The van der Waals surface area contributed by atoms with Crippen molar-refractivity contribution in [1.82, 2.24) is 10.3 Å². The minimum Gasteiger partial charge on any atom is -0.478 e. The Labute approximate surface area is 133 Å². The first kappa shape index (κ1) is 15.0. The molecule has 3 rings (SSSR count). The molecule has 1 heterocycles. The lowest BCUT2D eigenvalue weighted by molar-refractivity contribution is -0.383. The standard InChI is InChI=1S/C14H9N3O5S/c18-14(19)9-3-1-8(2-4-9)7-23-11-6-5-10(17(20)21)12-13(11)16-22-15-12/h1-6H,7H2,(H,18,19). The fourth-order valence-electron chi connectivity index (χ4n) is 2.00. The summed E-state index contributed by atoms with van der Waals surface area (Å²) in [5.41, 5.74) is 1.43. The van der Waals surface area contributed by atoms with Gasteiger partial charge in [-0.15, -0.1) is 11.8 Å². The molecule has 3 aromatic rings. The van der Waals surface area contributed by atoms with E-state index in [2.05, 4.69) is 14.9 Å². The summed E-state index contributed by atoms with van der Waals surface area (Å²) in [6.07, 6.45) is 0. The van der Waals surface area contributed by atoms with Gasteiger partial charge in [0.15, 0.2) is 5.52 Å². The first-order valence-corrected chi connectivity index (χ1v) is 7.39. The minimum absolute atomic E-state index is 0.112. The number of non-ortho nitro benzene ring substituents is 1. The van der Waals surface area contributed by atoms with Gasteiger partial charge >= 0.3 is 11.7 Å². The summed E-state index contributed by atoms with van der Waals surface area (Å²) in [6.45, 7) is 0. The molecule has 0 saturated heterocycles. The number of thioether (sulfide) groups is 1. The molecule has 0 atom stereocenters. The molecule has 0 spiro atoms. The number of hydrogen-bond acceptors (Lipinski definition) is 7. The molecule has 0 unspecified atom stereocenters. The maximum Gasteiger partial charge on any atom is 0.335 e. The minimum atomic E-state index is -0.977. The molecule has 0 aliphatic rings. The van der Waals surface area contributed by atoms with Crippen molar-refractivity contribution in [3.8, 4) is 0 Å². The lowest BCUT2D eigenvalue weighted by Gasteiger charge is -2.03. The molecule has 0 aliphatic heterocycles. The van der Waals surface area contributed by atoms with Crippen molar-refractivity contribution >= 4 is 34.5 Å². The molecular weight excluding hydrogens is 322 g/mol. The van der Waals surface area contributed by atoms with E-state index in [0.29, 0.717) is 16.2 Å². The van der Waals surface area contributed by atoms with Crippen LogP contribution in [0.5, 0.6) is 0 Å². The summed E-state index contributed by atoms with van der Waals surface area (Å²) < 4.78 is 4.61. The second-order valence-corrected chi connectivity index (χ2v) is 5.61. The van der Waals surface area contributed by atoms with Gasteiger partial charge in [0.2, 0.25) is 5.52 Å². The van der Waals surface area contributed by atoms with Gasteiger partial charge in [-0.3, -0.25) is 10.1 Å². The SMILES string of the molecule is O=C(O)c1ccc(CSc2ccc([N+](=O)[O-])c3nonc23)cc1. The highest BCUT2D eigenvalue weighted by atomic mass is 32.2. The quantitative estimate of drug-likeness (QED) is 0.430. The van der Waals surface area contributed by atoms with Crippen LogP contribution in [0.4, 0.5) is 5.69 Å². The summed E-state index contributed by atoms with van der Waals surface area (Å²) >= 11 is 1.41. The first-order valence-electron chi connectivity index (χ1n) is 6.41. The van der Waals surface area contributed by atoms with Crippen molar-refractivity contribution in [2.24, 2.45) is 0 Å². The van der Waals surface area contributed by atoms with E-state index in [4.69, 9.17) is 5.11 Å². The first-order chi connectivity index (χ1) is 11.1. The van der Waals surface area contributed by atoms with Crippen LogP contribution in [0.15, 0.2) is 45.9 Å². The Balaban J connectivity index is 1.82. The highest BCUT2D eigenvalue weighted by molar-refractivity contribution is 7.98. The zero-order valence-electron chi connectivity index (χ0n) is 11.5. The van der Waals surface area contributed by atoms with Gasteiger partial charge in [-0.05, 0) is 34.1 Å². The molecule has 0 amide bonds. The van der Waals surface area contributed by atoms with Crippen molar-refractivity contribution in [3.63, 3.8) is 0 Å². The summed E-state index contributed by atoms with van der Waals surface area (Å²) in [7, 11) is 0. The largest absolute Gasteiger partial charge is 0.478 e. The average molecular weight is 331 g/mol. The number of nitrogens with zero attached hydrogens (tertiary/aromatic N) is 3. The fourth-order valence-corrected chi connectivity index (χ4v) is 2.95. The van der Waals surface area contributed by atoms with E-state index < -0.39 is 10.9 Å². The summed E-state index contributed by atoms with van der Waals surface area (Å²) in [6, 6.07) is 9.46. The third kappa shape index (κ3) is 2.99. The molecule has 2 aromatic carbocycles. The van der Waals surface area contributed by atoms with E-state index >= 15 is 0 Å². The summed E-state index contributed by atoms with van der Waals surface area (Å²) in [4.78, 5) is 21.9. The number of rotatable bonds is 5. The highest BCUT2D eigenvalue weighted by Crippen LogP contribution is 2.33. The zero-order valence-corrected chi connectivity index (χ0v) is 12.3. The summed E-state index contributed by atoms with van der Waals surface area (Å²) in [5.74, 6) is -0.422. The number of fused-ring (bicyclic) bond motifs is 1. The van der Waals surface area contributed by atoms with E-state index in [1.807, 2.05) is 0 Å². The molecule has 0 saturated carbocycles. The highest BCUT2D eigenvalue weighted by Gasteiger charge is 2.19. The fraction of sp³-hybridized carbons (Fsp3) is 0.0714. The van der Waals surface area contributed by atoms with Crippen LogP contribution in [0.3, 0.4) is 0 Å². The third-order valence-electron chi connectivity index (χ3n) is 3.15. The number of hydrogen-bond donors (Lipinski definition) is 1. The molecule has 9 heteroatoms. The van der Waals surface area contributed by atoms with Gasteiger partial charge in [-0.25, -0.2) is 9.42 Å². The monoisotopic (exact) mass is 331 g/mol. The second-order valence-electron chi connectivity index (χ2n) is 4.59. The Bertz CT molecular complexity index is 891. The van der Waals surface area contributed by atoms with Crippen LogP contribution in [0.2, 0.25) is 0 Å². The van der Waals surface area contributed by atoms with Gasteiger partial charge < -0.3 is 5.11 Å². The molecule has 0 radical (unpaired) electrons. The molecule has 0 bridgehead atoms. The van der Waals surface area contributed by atoms with E-state index in [0.717, 1.165) is 5.56 Å². The number of nitro groups is 1. The van der Waals surface area contributed by atoms with Crippen LogP contribution in [-0.4, -0.2) is 26.3 Å². The summed E-state index contributed by atoms with van der Waals surface area (Å²) in [5, 5.41) is 27.1. The molecule has 1 aromatic heterocycles. The lowest BCUT2D eigenvalue weighted by atomic mass is 10.1. The Morgan fingerprint density at radius 1 is 1.17 bits per heavy atom. The third-order valence-corrected chi connectivity index (χ3v) is 4.27. The number of nitro benzene ring substituents is 1. The predicted molar refractivity (Wildman–Crippen MR) is 81.4 cm³/mol. The number of aromatic nitrogens is 2. The normalized spacial score (nSPS) is 10.8. The molecular formula is C14H9N3O5S. The van der Waals surface area contributed by atoms with E-state index in [9.17, 15) is 14.9 Å². The number of aromatic carboxylic acids is 1. The molecule has 1 N–H and O–H groups in total. The molecule has 0 fully saturated rings. The van der Waals surface area contributed by atoms with Crippen molar-refractivity contribution < 1.29 is 19.5 Å². The second kappa shape index (κ2) is 6.05. The average Bonchev–Trinajstić information content (AvgIpc) is 3.02. The Morgan fingerprint density at radius 2 is 1.87 bits per heavy atom. The van der Waals surface area contributed by atoms with Gasteiger partial charge in [-0.2, -0.15) is 0 Å². The zero-order chi connectivity index (χ0) is 16.4. The van der Waals surface area contributed by atoms with Gasteiger partial charge in [-0.1, -0.05) is 12.1 Å². The van der Waals surface area contributed by atoms with Crippen molar-refractivity contribution in [2.45, 2.75) is 10.6 Å². The van der Waals surface area contributed by atoms with Crippen molar-refractivity contribution in [1.29, 1.82) is 0 Å². The molecule has 8 nitrogen and oxygen atoms in total. The van der Waals surface area contributed by atoms with Gasteiger partial charge in [0.05, 0.1) is 10.5 Å². The number of benzene rings is 2. The van der Waals surface area contributed by atoms with Crippen molar-refractivity contribution in [3.05, 3.63) is 57.6 Å². The molecule has 23 heavy (non-hydrogen) atoms. The van der Waals surface area contributed by atoms with Crippen molar-refractivity contribution in [2.75, 3.05) is 0 Å². The van der Waals surface area contributed by atoms with Gasteiger partial charge in [0, 0.05) is 16.7 Å². The Kier molecular flexibility index (Phi) is 3.94. The Hall–Kier alpha value is -2.94. The molecule has 116 valence electrons.